The van der Waals surface area contributed by atoms with E-state index in [-0.39, 0.29) is 0 Å². The van der Waals surface area contributed by atoms with Crippen molar-refractivity contribution < 1.29 is 0 Å². The predicted molar refractivity (Wildman–Crippen MR) is 282 cm³/mol. The first-order chi connectivity index (χ1) is 30.3. The molecular formula is C61H96Si. The van der Waals surface area contributed by atoms with Crippen LogP contribution in [0.15, 0.2) is 77.0 Å². The van der Waals surface area contributed by atoms with Gasteiger partial charge in [-0.25, -0.2) is 0 Å². The summed E-state index contributed by atoms with van der Waals surface area (Å²) in [4.78, 5) is 0. The van der Waals surface area contributed by atoms with Gasteiger partial charge < -0.3 is 0 Å². The second kappa shape index (κ2) is 29.7. The van der Waals surface area contributed by atoms with E-state index in [0.29, 0.717) is 0 Å². The van der Waals surface area contributed by atoms with Crippen LogP contribution in [0.5, 0.6) is 0 Å². The van der Waals surface area contributed by atoms with Gasteiger partial charge >= 0.3 is 0 Å². The molecular weight excluding hydrogens is 761 g/mol. The number of allylic oxidation sites excluding steroid dienone is 4. The molecule has 4 rings (SSSR count). The fourth-order valence-corrected chi connectivity index (χ4v) is 16.4. The third kappa shape index (κ3) is 16.4. The molecule has 0 radical (unpaired) electrons. The summed E-state index contributed by atoms with van der Waals surface area (Å²) in [6, 6.07) is 24.8. The summed E-state index contributed by atoms with van der Waals surface area (Å²) in [5.74, 6) is 0. The van der Waals surface area contributed by atoms with Gasteiger partial charge in [-0.1, -0.05) is 234 Å². The average Bonchev–Trinajstić information content (AvgIpc) is 3.61. The highest BCUT2D eigenvalue weighted by Gasteiger charge is 2.46. The van der Waals surface area contributed by atoms with Gasteiger partial charge in [-0.15, -0.1) is 0 Å². The first-order valence-corrected chi connectivity index (χ1v) is 29.1. The van der Waals surface area contributed by atoms with Gasteiger partial charge in [0.1, 0.15) is 0 Å². The molecule has 0 saturated heterocycles. The zero-order valence-corrected chi connectivity index (χ0v) is 43.2. The zero-order valence-electron chi connectivity index (χ0n) is 42.2. The highest BCUT2D eigenvalue weighted by Crippen LogP contribution is 2.34. The Morgan fingerprint density at radius 3 is 0.758 bits per heavy atom. The number of benzene rings is 3. The molecule has 1 heteroatoms. The third-order valence-corrected chi connectivity index (χ3v) is 19.2. The summed E-state index contributed by atoms with van der Waals surface area (Å²) in [6.07, 6.45) is 42.6. The quantitative estimate of drug-likeness (QED) is 0.0319. The molecule has 3 aromatic rings. The van der Waals surface area contributed by atoms with Crippen molar-refractivity contribution in [3.8, 4) is 0 Å². The van der Waals surface area contributed by atoms with Gasteiger partial charge in [0.15, 0.2) is 8.07 Å². The van der Waals surface area contributed by atoms with Crippen molar-refractivity contribution in [3.63, 3.8) is 0 Å². The SMILES string of the molecule is CCCCCCc1cc(CCCCCC)cc([Si](C2=C(C)C=C(C)C2)(c2cc(CCCCCC)cc(CCCCCC)c2)c2cc(CCCCCC)cc(CCCCCC)c2)c1. The summed E-state index contributed by atoms with van der Waals surface area (Å²) in [5, 5.41) is 6.84. The molecule has 344 valence electrons. The van der Waals surface area contributed by atoms with Crippen LogP contribution in [-0.4, -0.2) is 8.07 Å². The van der Waals surface area contributed by atoms with Gasteiger partial charge in [0, 0.05) is 0 Å². The normalized spacial score (nSPS) is 13.1. The summed E-state index contributed by atoms with van der Waals surface area (Å²) >= 11 is 0. The molecule has 1 aliphatic carbocycles. The lowest BCUT2D eigenvalue weighted by molar-refractivity contribution is 0.661. The highest BCUT2D eigenvalue weighted by atomic mass is 28.3. The predicted octanol–water partition coefficient (Wildman–Crippen LogP) is 17.1. The van der Waals surface area contributed by atoms with Crippen LogP contribution in [0, 0.1) is 0 Å². The average molecular weight is 858 g/mol. The number of hydrogen-bond donors (Lipinski definition) is 0. The maximum absolute atomic E-state index is 2.80. The van der Waals surface area contributed by atoms with E-state index in [1.165, 1.54) is 193 Å². The molecule has 0 spiro atoms. The number of rotatable bonds is 34. The van der Waals surface area contributed by atoms with Crippen LogP contribution < -0.4 is 15.6 Å². The molecule has 0 fully saturated rings. The van der Waals surface area contributed by atoms with E-state index in [1.54, 1.807) is 65.3 Å². The molecule has 0 N–H and O–H groups in total. The largest absolute Gasteiger partial charge is 0.176 e. The van der Waals surface area contributed by atoms with Gasteiger partial charge in [-0.2, -0.15) is 0 Å². The summed E-state index contributed by atoms with van der Waals surface area (Å²) in [5.41, 5.74) is 12.7. The molecule has 3 aromatic carbocycles. The van der Waals surface area contributed by atoms with E-state index in [0.717, 1.165) is 6.42 Å². The molecule has 62 heavy (non-hydrogen) atoms. The third-order valence-electron chi connectivity index (χ3n) is 14.2. The van der Waals surface area contributed by atoms with Crippen molar-refractivity contribution in [1.82, 2.24) is 0 Å². The lowest BCUT2D eigenvalue weighted by Gasteiger charge is -2.38. The second-order valence-electron chi connectivity index (χ2n) is 20.1. The zero-order chi connectivity index (χ0) is 44.4. The number of unbranched alkanes of at least 4 members (excludes halogenated alkanes) is 18. The molecule has 0 saturated carbocycles. The number of hydrogen-bond acceptors (Lipinski definition) is 0. The Bertz CT molecular complexity index is 1500. The Morgan fingerprint density at radius 2 is 0.565 bits per heavy atom. The Kier molecular flexibility index (Phi) is 24.9. The van der Waals surface area contributed by atoms with Gasteiger partial charge in [0.2, 0.25) is 0 Å². The molecule has 1 aliphatic rings. The Hall–Kier alpha value is -2.64. The smallest absolute Gasteiger partial charge is 0.0694 e. The molecule has 0 unspecified atom stereocenters. The maximum atomic E-state index is 2.80. The molecule has 0 atom stereocenters. The van der Waals surface area contributed by atoms with Crippen LogP contribution in [0.3, 0.4) is 0 Å². The number of aryl methyl sites for hydroxylation is 6. The summed E-state index contributed by atoms with van der Waals surface area (Å²) < 4.78 is 0. The van der Waals surface area contributed by atoms with Crippen molar-refractivity contribution in [1.29, 1.82) is 0 Å². The van der Waals surface area contributed by atoms with Gasteiger partial charge in [-0.3, -0.25) is 0 Å². The monoisotopic (exact) mass is 857 g/mol. The van der Waals surface area contributed by atoms with Crippen LogP contribution in [0.2, 0.25) is 0 Å². The van der Waals surface area contributed by atoms with Crippen LogP contribution in [0.1, 0.15) is 249 Å². The van der Waals surface area contributed by atoms with Crippen molar-refractivity contribution in [2.75, 3.05) is 0 Å². The van der Waals surface area contributed by atoms with Crippen LogP contribution in [0.4, 0.5) is 0 Å². The van der Waals surface area contributed by atoms with Crippen molar-refractivity contribution in [2.24, 2.45) is 0 Å². The molecule has 0 nitrogen and oxygen atoms in total. The fraction of sp³-hybridized carbons (Fsp3) is 0.639. The molecule has 0 heterocycles. The van der Waals surface area contributed by atoms with E-state index >= 15 is 0 Å². The van der Waals surface area contributed by atoms with Crippen molar-refractivity contribution in [2.45, 2.75) is 254 Å². The fourth-order valence-electron chi connectivity index (χ4n) is 10.7. The lowest BCUT2D eigenvalue weighted by atomic mass is 10.00. The van der Waals surface area contributed by atoms with Gasteiger partial charge in [-0.05, 0) is 146 Å². The molecule has 0 aromatic heterocycles. The first-order valence-electron chi connectivity index (χ1n) is 27.1. The van der Waals surface area contributed by atoms with E-state index in [9.17, 15) is 0 Å². The second-order valence-corrected chi connectivity index (χ2v) is 23.9. The van der Waals surface area contributed by atoms with Crippen LogP contribution in [0.25, 0.3) is 0 Å². The lowest BCUT2D eigenvalue weighted by Crippen LogP contribution is -2.69. The minimum atomic E-state index is -2.78. The summed E-state index contributed by atoms with van der Waals surface area (Å²) in [7, 11) is -2.78. The van der Waals surface area contributed by atoms with Gasteiger partial charge in [0.25, 0.3) is 0 Å². The minimum absolute atomic E-state index is 1.11. The topological polar surface area (TPSA) is 0 Å². The highest BCUT2D eigenvalue weighted by molar-refractivity contribution is 7.16. The van der Waals surface area contributed by atoms with E-state index < -0.39 is 8.07 Å². The van der Waals surface area contributed by atoms with E-state index in [4.69, 9.17) is 0 Å². The first kappa shape index (κ1) is 52.0. The van der Waals surface area contributed by atoms with Crippen molar-refractivity contribution >= 4 is 23.6 Å². The van der Waals surface area contributed by atoms with E-state index in [2.05, 4.69) is 116 Å². The Morgan fingerprint density at radius 1 is 0.323 bits per heavy atom. The maximum Gasteiger partial charge on any atom is 0.176 e. The summed E-state index contributed by atoms with van der Waals surface area (Å²) in [6.45, 7) is 19.1. The van der Waals surface area contributed by atoms with Crippen LogP contribution >= 0.6 is 0 Å². The molecule has 0 aliphatic heterocycles. The standard InChI is InChI=1S/C61H96Si/c1-9-15-21-27-33-52-41-53(34-28-22-16-10-2)45-58(44-52)62(61-40-50(7)39-51(61)8,59-46-54(35-29-23-17-11-3)42-55(47-59)36-30-24-18-12-4)60-48-56(37-31-25-19-13-5)43-57(49-60)38-32-26-20-14-6/h39,41-49H,9-38,40H2,1-8H3. The minimum Gasteiger partial charge on any atom is -0.0694 e. The Balaban J connectivity index is 2.12. The van der Waals surface area contributed by atoms with Gasteiger partial charge in [0.05, 0.1) is 0 Å². The van der Waals surface area contributed by atoms with Crippen LogP contribution in [-0.2, 0) is 38.5 Å². The molecule has 0 amide bonds. The van der Waals surface area contributed by atoms with Crippen molar-refractivity contribution in [3.05, 3.63) is 110 Å². The van der Waals surface area contributed by atoms with E-state index in [1.807, 2.05) is 0 Å². The molecule has 0 bridgehead atoms. The Labute approximate surface area is 386 Å².